The van der Waals surface area contributed by atoms with Gasteiger partial charge in [0.05, 0.1) is 12.6 Å². The highest BCUT2D eigenvalue weighted by atomic mass is 16.5. The third-order valence-electron chi connectivity index (χ3n) is 3.77. The molecule has 1 saturated carbocycles. The van der Waals surface area contributed by atoms with Gasteiger partial charge in [-0.3, -0.25) is 9.59 Å². The van der Waals surface area contributed by atoms with E-state index in [4.69, 9.17) is 5.73 Å². The molecule has 5 heteroatoms. The monoisotopic (exact) mass is 270 g/mol. The summed E-state index contributed by atoms with van der Waals surface area (Å²) in [6.07, 6.45) is 7.89. The van der Waals surface area contributed by atoms with Crippen LogP contribution in [-0.2, 0) is 14.3 Å². The molecular weight excluding hydrogens is 244 g/mol. The minimum Gasteiger partial charge on any atom is -0.469 e. The smallest absolute Gasteiger partial charge is 0.305 e. The fourth-order valence-electron chi connectivity index (χ4n) is 2.46. The van der Waals surface area contributed by atoms with Gasteiger partial charge in [-0.1, -0.05) is 25.7 Å². The lowest BCUT2D eigenvalue weighted by atomic mass is 9.82. The summed E-state index contributed by atoms with van der Waals surface area (Å²) >= 11 is 0. The number of nitrogens with two attached hydrogens (primary N) is 1. The second-order valence-corrected chi connectivity index (χ2v) is 5.36. The zero-order valence-electron chi connectivity index (χ0n) is 11.9. The van der Waals surface area contributed by atoms with Crippen molar-refractivity contribution in [2.75, 3.05) is 13.7 Å². The molecule has 0 atom stereocenters. The Morgan fingerprint density at radius 1 is 1.16 bits per heavy atom. The van der Waals surface area contributed by atoms with Crippen molar-refractivity contribution in [2.45, 2.75) is 63.3 Å². The van der Waals surface area contributed by atoms with Crippen molar-refractivity contribution in [3.8, 4) is 0 Å². The van der Waals surface area contributed by atoms with Gasteiger partial charge in [-0.25, -0.2) is 0 Å². The van der Waals surface area contributed by atoms with Gasteiger partial charge in [0, 0.05) is 13.0 Å². The molecule has 0 aromatic rings. The van der Waals surface area contributed by atoms with Crippen LogP contribution >= 0.6 is 0 Å². The summed E-state index contributed by atoms with van der Waals surface area (Å²) in [6.45, 7) is 0.638. The molecule has 3 N–H and O–H groups in total. The highest BCUT2D eigenvalue weighted by Crippen LogP contribution is 2.25. The van der Waals surface area contributed by atoms with Crippen molar-refractivity contribution in [3.05, 3.63) is 0 Å². The molecule has 0 saturated heterocycles. The fraction of sp³-hybridized carbons (Fsp3) is 0.857. The number of ether oxygens (including phenoxy) is 1. The maximum absolute atomic E-state index is 12.0. The molecule has 0 unspecified atom stereocenters. The van der Waals surface area contributed by atoms with E-state index >= 15 is 0 Å². The molecule has 19 heavy (non-hydrogen) atoms. The first-order chi connectivity index (χ1) is 9.08. The molecule has 0 spiro atoms. The third kappa shape index (κ3) is 5.59. The zero-order valence-corrected chi connectivity index (χ0v) is 11.9. The minimum atomic E-state index is -0.649. The van der Waals surface area contributed by atoms with Crippen LogP contribution < -0.4 is 11.1 Å². The summed E-state index contributed by atoms with van der Waals surface area (Å²) in [7, 11) is 1.40. The van der Waals surface area contributed by atoms with Gasteiger partial charge in [0.15, 0.2) is 0 Å². The van der Waals surface area contributed by atoms with Crippen molar-refractivity contribution < 1.29 is 14.3 Å². The lowest BCUT2D eigenvalue weighted by Gasteiger charge is -2.31. The first-order valence-electron chi connectivity index (χ1n) is 7.22. The predicted octanol–water partition coefficient (Wildman–Crippen LogP) is 1.50. The number of carbonyl (C=O) groups is 2. The summed E-state index contributed by atoms with van der Waals surface area (Å²) in [5, 5.41) is 2.91. The summed E-state index contributed by atoms with van der Waals surface area (Å²) in [4.78, 5) is 22.9. The number of rotatable bonds is 7. The van der Waals surface area contributed by atoms with Crippen molar-refractivity contribution in [2.24, 2.45) is 5.73 Å². The van der Waals surface area contributed by atoms with E-state index in [1.54, 1.807) is 0 Å². The van der Waals surface area contributed by atoms with Crippen LogP contribution in [-0.4, -0.2) is 31.1 Å². The average molecular weight is 270 g/mol. The van der Waals surface area contributed by atoms with Crippen LogP contribution in [0.5, 0.6) is 0 Å². The Labute approximate surface area is 115 Å². The Bertz CT molecular complexity index is 299. The molecule has 1 amide bonds. The maximum Gasteiger partial charge on any atom is 0.305 e. The molecule has 0 aromatic carbocycles. The van der Waals surface area contributed by atoms with E-state index in [-0.39, 0.29) is 11.9 Å². The van der Waals surface area contributed by atoms with Crippen molar-refractivity contribution in [3.63, 3.8) is 0 Å². The van der Waals surface area contributed by atoms with Gasteiger partial charge in [-0.05, 0) is 25.7 Å². The Balaban J connectivity index is 2.08. The molecule has 1 fully saturated rings. The molecule has 0 bridgehead atoms. The third-order valence-corrected chi connectivity index (χ3v) is 3.77. The Hall–Kier alpha value is -1.10. The molecule has 1 aliphatic carbocycles. The van der Waals surface area contributed by atoms with Crippen LogP contribution in [0.25, 0.3) is 0 Å². The summed E-state index contributed by atoms with van der Waals surface area (Å²) in [6, 6.07) is 0. The van der Waals surface area contributed by atoms with Crippen molar-refractivity contribution >= 4 is 11.9 Å². The highest BCUT2D eigenvalue weighted by Gasteiger charge is 2.34. The molecular formula is C14H26N2O3. The summed E-state index contributed by atoms with van der Waals surface area (Å²) in [5.41, 5.74) is 5.48. The van der Waals surface area contributed by atoms with Crippen LogP contribution in [0.3, 0.4) is 0 Å². The van der Waals surface area contributed by atoms with Crippen LogP contribution in [0, 0.1) is 0 Å². The van der Waals surface area contributed by atoms with Gasteiger partial charge < -0.3 is 15.8 Å². The van der Waals surface area contributed by atoms with Gasteiger partial charge in [-0.15, -0.1) is 0 Å². The predicted molar refractivity (Wildman–Crippen MR) is 73.5 cm³/mol. The Morgan fingerprint density at radius 2 is 1.84 bits per heavy atom. The van der Waals surface area contributed by atoms with Gasteiger partial charge in [-0.2, -0.15) is 0 Å². The first kappa shape index (κ1) is 16.0. The van der Waals surface area contributed by atoms with Gasteiger partial charge in [0.1, 0.15) is 0 Å². The van der Waals surface area contributed by atoms with Crippen LogP contribution in [0.2, 0.25) is 0 Å². The molecule has 0 aliphatic heterocycles. The van der Waals surface area contributed by atoms with E-state index < -0.39 is 5.54 Å². The zero-order chi connectivity index (χ0) is 14.1. The molecule has 0 heterocycles. The lowest BCUT2D eigenvalue weighted by molar-refractivity contribution is -0.140. The summed E-state index contributed by atoms with van der Waals surface area (Å²) < 4.78 is 4.56. The van der Waals surface area contributed by atoms with E-state index in [0.717, 1.165) is 44.9 Å². The number of carbonyl (C=O) groups excluding carboxylic acids is 2. The summed E-state index contributed by atoms with van der Waals surface area (Å²) in [5.74, 6) is -0.188. The molecule has 5 nitrogen and oxygen atoms in total. The van der Waals surface area contributed by atoms with Crippen LogP contribution in [0.4, 0.5) is 0 Å². The van der Waals surface area contributed by atoms with E-state index in [1.165, 1.54) is 13.5 Å². The van der Waals surface area contributed by atoms with Gasteiger partial charge in [0.2, 0.25) is 5.91 Å². The fourth-order valence-corrected chi connectivity index (χ4v) is 2.46. The average Bonchev–Trinajstić information content (AvgIpc) is 2.42. The maximum atomic E-state index is 12.0. The normalized spacial score (nSPS) is 17.8. The number of hydrogen-bond donors (Lipinski definition) is 2. The number of nitrogens with one attached hydrogen (secondary N) is 1. The SMILES string of the molecule is COC(=O)CCCCCNC(=O)C1(N)CCCCC1. The standard InChI is InChI=1S/C14H26N2O3/c1-19-12(17)8-4-2-7-11-16-13(18)14(15)9-5-3-6-10-14/h2-11,15H2,1H3,(H,16,18). The van der Waals surface area contributed by atoms with E-state index in [0.29, 0.717) is 13.0 Å². The largest absolute Gasteiger partial charge is 0.469 e. The number of unbranched alkanes of at least 4 members (excludes halogenated alkanes) is 2. The van der Waals surface area contributed by atoms with Crippen LogP contribution in [0.15, 0.2) is 0 Å². The number of esters is 1. The molecule has 0 radical (unpaired) electrons. The van der Waals surface area contributed by atoms with Gasteiger partial charge >= 0.3 is 5.97 Å². The number of methoxy groups -OCH3 is 1. The van der Waals surface area contributed by atoms with Crippen molar-refractivity contribution in [1.82, 2.24) is 5.32 Å². The minimum absolute atomic E-state index is 0.0137. The highest BCUT2D eigenvalue weighted by molar-refractivity contribution is 5.86. The van der Waals surface area contributed by atoms with E-state index in [1.807, 2.05) is 0 Å². The lowest BCUT2D eigenvalue weighted by Crippen LogP contribution is -2.55. The molecule has 0 aromatic heterocycles. The van der Waals surface area contributed by atoms with Crippen molar-refractivity contribution in [1.29, 1.82) is 0 Å². The number of hydrogen-bond acceptors (Lipinski definition) is 4. The number of amides is 1. The van der Waals surface area contributed by atoms with Crippen LogP contribution in [0.1, 0.15) is 57.8 Å². The molecule has 1 aliphatic rings. The quantitative estimate of drug-likeness (QED) is 0.542. The second kappa shape index (κ2) is 8.15. The topological polar surface area (TPSA) is 81.4 Å². The second-order valence-electron chi connectivity index (χ2n) is 5.36. The van der Waals surface area contributed by atoms with E-state index in [9.17, 15) is 9.59 Å². The Kier molecular flexibility index (Phi) is 6.84. The molecule has 110 valence electrons. The first-order valence-corrected chi connectivity index (χ1v) is 7.22. The Morgan fingerprint density at radius 3 is 2.47 bits per heavy atom. The van der Waals surface area contributed by atoms with Gasteiger partial charge in [0.25, 0.3) is 0 Å². The van der Waals surface area contributed by atoms with E-state index in [2.05, 4.69) is 10.1 Å². The molecule has 1 rings (SSSR count).